The molecule has 13 heteroatoms. The molecule has 2 aromatic carbocycles. The van der Waals surface area contributed by atoms with Gasteiger partial charge in [0.05, 0.1) is 42.1 Å². The van der Waals surface area contributed by atoms with Crippen molar-refractivity contribution in [2.45, 2.75) is 58.9 Å². The molecular weight excluding hydrogens is 614 g/mol. The molecule has 48 heavy (non-hydrogen) atoms. The van der Waals surface area contributed by atoms with Crippen LogP contribution >= 0.6 is 0 Å². The van der Waals surface area contributed by atoms with Gasteiger partial charge in [0.2, 0.25) is 0 Å². The molecule has 0 bridgehead atoms. The Morgan fingerprint density at radius 2 is 1.88 bits per heavy atom. The molecule has 2 N–H and O–H groups in total. The molecule has 3 aromatic heterocycles. The Morgan fingerprint density at radius 1 is 1.02 bits per heavy atom. The number of ether oxygens (including phenoxy) is 2. The number of imidazole rings is 1. The van der Waals surface area contributed by atoms with Gasteiger partial charge in [-0.25, -0.2) is 14.8 Å². The van der Waals surface area contributed by atoms with Gasteiger partial charge in [0, 0.05) is 31.0 Å². The quantitative estimate of drug-likeness (QED) is 0.0889. The van der Waals surface area contributed by atoms with E-state index in [0.29, 0.717) is 34.5 Å². The topological polar surface area (TPSA) is 154 Å². The van der Waals surface area contributed by atoms with E-state index in [4.69, 9.17) is 19.0 Å². The lowest BCUT2D eigenvalue weighted by Gasteiger charge is -2.21. The smallest absolute Gasteiger partial charge is 0.412 e. The molecule has 0 aliphatic heterocycles. The molecule has 0 radical (unpaired) electrons. The molecular formula is C35H41N7O6. The minimum Gasteiger partial charge on any atom is -0.466 e. The minimum absolute atomic E-state index is 0.0384. The van der Waals surface area contributed by atoms with Crippen LogP contribution in [-0.4, -0.2) is 57.4 Å². The number of unbranched alkanes of at least 4 members (excludes halogenated alkanes) is 3. The Kier molecular flexibility index (Phi) is 11.2. The number of esters is 1. The predicted molar refractivity (Wildman–Crippen MR) is 183 cm³/mol. The summed E-state index contributed by atoms with van der Waals surface area (Å²) in [7, 11) is 1.92. The van der Waals surface area contributed by atoms with E-state index in [2.05, 4.69) is 27.7 Å². The first kappa shape index (κ1) is 33.9. The Hall–Kier alpha value is -5.46. The maximum Gasteiger partial charge on any atom is 0.412 e. The van der Waals surface area contributed by atoms with E-state index in [0.717, 1.165) is 42.7 Å². The maximum absolute atomic E-state index is 13.7. The van der Waals surface area contributed by atoms with Gasteiger partial charge in [-0.1, -0.05) is 37.4 Å². The second-order valence-electron chi connectivity index (χ2n) is 11.4. The average molecular weight is 656 g/mol. The van der Waals surface area contributed by atoms with E-state index in [9.17, 15) is 14.4 Å². The van der Waals surface area contributed by atoms with Crippen molar-refractivity contribution in [3.05, 3.63) is 72.2 Å². The van der Waals surface area contributed by atoms with Gasteiger partial charge >= 0.3 is 12.1 Å². The summed E-state index contributed by atoms with van der Waals surface area (Å²) in [5.41, 5.74) is 3.20. The van der Waals surface area contributed by atoms with Crippen LogP contribution in [0.25, 0.3) is 22.0 Å². The van der Waals surface area contributed by atoms with Gasteiger partial charge in [0.15, 0.2) is 11.4 Å². The molecule has 252 valence electrons. The van der Waals surface area contributed by atoms with Crippen LogP contribution in [0.3, 0.4) is 0 Å². The Bertz CT molecular complexity index is 1870. The molecule has 0 aliphatic rings. The summed E-state index contributed by atoms with van der Waals surface area (Å²) in [5.74, 6) is 0.776. The van der Waals surface area contributed by atoms with Gasteiger partial charge < -0.3 is 23.9 Å². The van der Waals surface area contributed by atoms with E-state index in [-0.39, 0.29) is 43.3 Å². The Morgan fingerprint density at radius 3 is 2.65 bits per heavy atom. The number of hydrogen-bond acceptors (Lipinski definition) is 10. The second kappa shape index (κ2) is 15.9. The first-order valence-corrected chi connectivity index (χ1v) is 16.2. The summed E-state index contributed by atoms with van der Waals surface area (Å²) in [6.45, 7) is 6.59. The number of anilines is 3. The van der Waals surface area contributed by atoms with Gasteiger partial charge in [-0.15, -0.1) is 0 Å². The van der Waals surface area contributed by atoms with Crippen molar-refractivity contribution in [1.82, 2.24) is 19.7 Å². The monoisotopic (exact) mass is 655 g/mol. The summed E-state index contributed by atoms with van der Waals surface area (Å²) in [6, 6.07) is 15.9. The van der Waals surface area contributed by atoms with Gasteiger partial charge in [0.25, 0.3) is 5.91 Å². The average Bonchev–Trinajstić information content (AvgIpc) is 3.64. The van der Waals surface area contributed by atoms with E-state index in [1.807, 2.05) is 36.7 Å². The molecule has 3 heterocycles. The highest BCUT2D eigenvalue weighted by molar-refractivity contribution is 6.07. The van der Waals surface area contributed by atoms with Crippen molar-refractivity contribution in [3.8, 4) is 0 Å². The number of fused-ring (bicyclic) bond motifs is 2. The van der Waals surface area contributed by atoms with Crippen molar-refractivity contribution in [1.29, 1.82) is 0 Å². The number of rotatable bonds is 15. The molecule has 1 atom stereocenters. The predicted octanol–water partition coefficient (Wildman–Crippen LogP) is 7.01. The number of benzene rings is 2. The lowest BCUT2D eigenvalue weighted by atomic mass is 10.1. The number of carbonyl (C=O) groups excluding carboxylic acids is 3. The van der Waals surface area contributed by atoms with Crippen LogP contribution < -0.4 is 15.5 Å². The number of carbonyl (C=O) groups is 3. The molecule has 1 unspecified atom stereocenters. The molecule has 0 spiro atoms. The summed E-state index contributed by atoms with van der Waals surface area (Å²) >= 11 is 0. The molecule has 5 aromatic rings. The summed E-state index contributed by atoms with van der Waals surface area (Å²) < 4.78 is 17.7. The number of amides is 2. The molecule has 2 amide bonds. The largest absolute Gasteiger partial charge is 0.466 e. The van der Waals surface area contributed by atoms with Crippen LogP contribution in [0.2, 0.25) is 0 Å². The minimum atomic E-state index is -0.576. The fourth-order valence-corrected chi connectivity index (χ4v) is 5.42. The molecule has 13 nitrogen and oxygen atoms in total. The third kappa shape index (κ3) is 8.08. The number of aromatic nitrogens is 4. The number of nitrogens with one attached hydrogen (secondary N) is 2. The van der Waals surface area contributed by atoms with Crippen LogP contribution in [0.1, 0.15) is 75.1 Å². The highest BCUT2D eigenvalue weighted by atomic mass is 16.5. The Labute approximate surface area is 278 Å². The maximum atomic E-state index is 13.7. The third-order valence-corrected chi connectivity index (χ3v) is 7.87. The number of hydrogen-bond donors (Lipinski definition) is 2. The number of aryl methyl sites for hydroxylation is 1. The molecule has 0 aliphatic carbocycles. The van der Waals surface area contributed by atoms with Crippen molar-refractivity contribution in [3.63, 3.8) is 0 Å². The normalized spacial score (nSPS) is 11.8. The van der Waals surface area contributed by atoms with E-state index < -0.39 is 6.09 Å². The summed E-state index contributed by atoms with van der Waals surface area (Å²) in [6.07, 6.45) is 5.10. The van der Waals surface area contributed by atoms with Gasteiger partial charge in [-0.2, -0.15) is 0 Å². The Balaban J connectivity index is 1.31. The highest BCUT2D eigenvalue weighted by Gasteiger charge is 2.23. The SMILES string of the molecule is CCCCCCOC(=O)Nc1noc2ccc(NC(C)c3nc4cc(C(=O)N(CCC(=O)OCC)c5ccccn5)ccc4n3C)cc12. The van der Waals surface area contributed by atoms with E-state index in [1.54, 1.807) is 49.5 Å². The second-order valence-corrected chi connectivity index (χ2v) is 11.4. The standard InChI is InChI=1S/C35H41N7O6/c1-5-7-8-11-20-47-35(45)39-32-26-22-25(14-16-29(26)48-40-32)37-23(3)33-38-27-21-24(13-15-28(27)41(33)4)34(44)42(19-17-31(43)46-6-2)30-12-9-10-18-36-30/h9-10,12-16,18,21-23,37H,5-8,11,17,19-20H2,1-4H3,(H,39,40,45). The molecule has 5 rings (SSSR count). The fraction of sp³-hybridized carbons (Fsp3) is 0.371. The molecule has 0 saturated heterocycles. The van der Waals surface area contributed by atoms with Crippen LogP contribution in [0.4, 0.5) is 22.1 Å². The van der Waals surface area contributed by atoms with Crippen molar-refractivity contribution < 1.29 is 28.4 Å². The zero-order valence-electron chi connectivity index (χ0n) is 27.7. The zero-order valence-corrected chi connectivity index (χ0v) is 27.7. The van der Waals surface area contributed by atoms with Crippen LogP contribution in [0.15, 0.2) is 65.3 Å². The zero-order chi connectivity index (χ0) is 34.0. The van der Waals surface area contributed by atoms with Gasteiger partial charge in [-0.05, 0) is 68.8 Å². The molecule has 0 fully saturated rings. The van der Waals surface area contributed by atoms with Crippen LogP contribution in [-0.2, 0) is 21.3 Å². The van der Waals surface area contributed by atoms with Crippen molar-refractivity contribution >= 4 is 57.3 Å². The summed E-state index contributed by atoms with van der Waals surface area (Å²) in [4.78, 5) is 48.8. The summed E-state index contributed by atoms with van der Waals surface area (Å²) in [5, 5.41) is 10.8. The van der Waals surface area contributed by atoms with Crippen molar-refractivity contribution in [2.75, 3.05) is 35.3 Å². The van der Waals surface area contributed by atoms with Gasteiger partial charge in [-0.3, -0.25) is 19.8 Å². The van der Waals surface area contributed by atoms with Gasteiger partial charge in [0.1, 0.15) is 11.6 Å². The van der Waals surface area contributed by atoms with Crippen molar-refractivity contribution in [2.24, 2.45) is 7.05 Å². The lowest BCUT2D eigenvalue weighted by molar-refractivity contribution is -0.142. The van der Waals surface area contributed by atoms with Crippen LogP contribution in [0, 0.1) is 0 Å². The third-order valence-electron chi connectivity index (χ3n) is 7.87. The molecule has 0 saturated carbocycles. The van der Waals surface area contributed by atoms with E-state index >= 15 is 0 Å². The van der Waals surface area contributed by atoms with Crippen LogP contribution in [0.5, 0.6) is 0 Å². The first-order valence-electron chi connectivity index (χ1n) is 16.2. The lowest BCUT2D eigenvalue weighted by Crippen LogP contribution is -2.34. The first-order chi connectivity index (χ1) is 23.3. The number of nitrogens with zero attached hydrogens (tertiary/aromatic N) is 5. The highest BCUT2D eigenvalue weighted by Crippen LogP contribution is 2.29. The van der Waals surface area contributed by atoms with E-state index in [1.165, 1.54) is 4.90 Å². The number of pyridine rings is 1. The fourth-order valence-electron chi connectivity index (χ4n) is 5.42.